The maximum Gasteiger partial charge on any atom is 0.0563 e. The molecule has 0 saturated heterocycles. The van der Waals surface area contributed by atoms with Gasteiger partial charge in [0.15, 0.2) is 0 Å². The third-order valence-electron chi connectivity index (χ3n) is 3.28. The lowest BCUT2D eigenvalue weighted by Crippen LogP contribution is -1.85. The molecule has 0 saturated carbocycles. The minimum absolute atomic E-state index is 0.835. The van der Waals surface area contributed by atoms with E-state index in [2.05, 4.69) is 64.5 Å². The first-order valence-corrected chi connectivity index (χ1v) is 7.64. The highest BCUT2D eigenvalue weighted by molar-refractivity contribution is 9.09. The molecule has 0 aliphatic rings. The third-order valence-corrected chi connectivity index (χ3v) is 4.06. The maximum absolute atomic E-state index is 6.55. The van der Waals surface area contributed by atoms with Crippen molar-refractivity contribution in [1.82, 2.24) is 0 Å². The summed E-state index contributed by atoms with van der Waals surface area (Å²) in [6.45, 7) is 0. The molecule has 0 heterocycles. The Balaban J connectivity index is 2.52. The zero-order chi connectivity index (χ0) is 13.2. The van der Waals surface area contributed by atoms with Gasteiger partial charge in [-0.3, -0.25) is 0 Å². The van der Waals surface area contributed by atoms with E-state index in [1.54, 1.807) is 0 Å². The van der Waals surface area contributed by atoms with Gasteiger partial charge in [-0.1, -0.05) is 88.2 Å². The van der Waals surface area contributed by atoms with Crippen LogP contribution in [0.3, 0.4) is 0 Å². The van der Waals surface area contributed by atoms with Crippen molar-refractivity contribution in [2.45, 2.75) is 0 Å². The van der Waals surface area contributed by atoms with Crippen LogP contribution in [-0.2, 0) is 0 Å². The van der Waals surface area contributed by atoms with E-state index >= 15 is 0 Å². The highest BCUT2D eigenvalue weighted by Gasteiger charge is 2.09. The lowest BCUT2D eigenvalue weighted by atomic mass is 9.96. The van der Waals surface area contributed by atoms with Crippen molar-refractivity contribution in [3.8, 4) is 0 Å². The van der Waals surface area contributed by atoms with E-state index in [0.29, 0.717) is 0 Å². The van der Waals surface area contributed by atoms with Crippen molar-refractivity contribution >= 4 is 55.2 Å². The Kier molecular flexibility index (Phi) is 3.58. The van der Waals surface area contributed by atoms with Gasteiger partial charge in [-0.05, 0) is 16.3 Å². The molecule has 0 N–H and O–H groups in total. The summed E-state index contributed by atoms with van der Waals surface area (Å²) in [5, 5.41) is 6.29. The summed E-state index contributed by atoms with van der Waals surface area (Å²) in [5.41, 5.74) is 1.23. The molecule has 0 bridgehead atoms. The van der Waals surface area contributed by atoms with E-state index in [1.165, 1.54) is 16.3 Å². The fourth-order valence-corrected chi connectivity index (χ4v) is 2.97. The van der Waals surface area contributed by atoms with E-state index < -0.39 is 0 Å². The molecule has 3 rings (SSSR count). The Morgan fingerprint density at radius 1 is 0.842 bits per heavy atom. The number of allylic oxidation sites excluding steroid dienone is 1. The lowest BCUT2D eigenvalue weighted by Gasteiger charge is -2.10. The summed E-state index contributed by atoms with van der Waals surface area (Å²) in [6, 6.07) is 16.6. The molecule has 3 aromatic carbocycles. The van der Waals surface area contributed by atoms with Crippen LogP contribution < -0.4 is 0 Å². The molecule has 0 radical (unpaired) electrons. The number of rotatable bonds is 2. The first kappa shape index (κ1) is 12.7. The first-order chi connectivity index (χ1) is 9.33. The average Bonchev–Trinajstić information content (AvgIpc) is 2.47. The van der Waals surface area contributed by atoms with Gasteiger partial charge in [0.25, 0.3) is 0 Å². The Hall–Kier alpha value is -1.31. The second-order valence-electron chi connectivity index (χ2n) is 4.38. The molecule has 0 aliphatic heterocycles. The molecule has 94 valence electrons. The molecule has 0 fully saturated rings. The van der Waals surface area contributed by atoms with Crippen LogP contribution in [0, 0.1) is 0 Å². The Bertz CT molecular complexity index is 718. The Morgan fingerprint density at radius 3 is 1.79 bits per heavy atom. The van der Waals surface area contributed by atoms with Gasteiger partial charge in [-0.15, -0.1) is 0 Å². The number of benzene rings is 3. The van der Waals surface area contributed by atoms with Crippen LogP contribution in [0.4, 0.5) is 0 Å². The molecule has 0 nitrogen and oxygen atoms in total. The van der Waals surface area contributed by atoms with Crippen LogP contribution in [-0.4, -0.2) is 5.33 Å². The average molecular weight is 332 g/mol. The molecule has 3 aromatic rings. The van der Waals surface area contributed by atoms with Crippen LogP contribution in [0.1, 0.15) is 5.56 Å². The topological polar surface area (TPSA) is 0 Å². The second-order valence-corrected chi connectivity index (χ2v) is 5.40. The zero-order valence-electron chi connectivity index (χ0n) is 10.2. The highest BCUT2D eigenvalue weighted by Crippen LogP contribution is 2.36. The summed E-state index contributed by atoms with van der Waals surface area (Å²) in [7, 11) is 0. The predicted molar refractivity (Wildman–Crippen MR) is 89.3 cm³/mol. The quantitative estimate of drug-likeness (QED) is 0.396. The summed E-state index contributed by atoms with van der Waals surface area (Å²) in [5.74, 6) is 0. The monoisotopic (exact) mass is 330 g/mol. The number of alkyl halides is 1. The minimum atomic E-state index is 0.835. The van der Waals surface area contributed by atoms with Crippen LogP contribution in [0.25, 0.3) is 27.6 Å². The Morgan fingerprint density at radius 2 is 1.32 bits per heavy atom. The molecule has 0 unspecified atom stereocenters. The van der Waals surface area contributed by atoms with Gasteiger partial charge < -0.3 is 0 Å². The van der Waals surface area contributed by atoms with E-state index in [4.69, 9.17) is 11.6 Å². The van der Waals surface area contributed by atoms with E-state index in [0.717, 1.165) is 21.1 Å². The summed E-state index contributed by atoms with van der Waals surface area (Å²) >= 11 is 9.98. The van der Waals surface area contributed by atoms with Crippen molar-refractivity contribution in [2.24, 2.45) is 0 Å². The van der Waals surface area contributed by atoms with Crippen molar-refractivity contribution in [3.63, 3.8) is 0 Å². The van der Waals surface area contributed by atoms with Gasteiger partial charge in [-0.2, -0.15) is 0 Å². The molecular formula is C17H12BrCl. The van der Waals surface area contributed by atoms with Crippen molar-refractivity contribution in [2.75, 3.05) is 5.33 Å². The second kappa shape index (κ2) is 5.36. The van der Waals surface area contributed by atoms with Gasteiger partial charge in [0.2, 0.25) is 0 Å². The van der Waals surface area contributed by atoms with Crippen molar-refractivity contribution < 1.29 is 0 Å². The normalized spacial score (nSPS) is 11.7. The SMILES string of the molecule is Clc1c2ccccc2c(C=CCBr)c2ccccc12. The van der Waals surface area contributed by atoms with E-state index in [1.807, 2.05) is 12.1 Å². The molecular weight excluding hydrogens is 320 g/mol. The van der Waals surface area contributed by atoms with Crippen LogP contribution in [0.2, 0.25) is 5.02 Å². The molecule has 0 atom stereocenters. The summed E-state index contributed by atoms with van der Waals surface area (Å²) < 4.78 is 0. The molecule has 0 spiro atoms. The summed E-state index contributed by atoms with van der Waals surface area (Å²) in [6.07, 6.45) is 4.28. The van der Waals surface area contributed by atoms with Gasteiger partial charge in [0, 0.05) is 16.1 Å². The van der Waals surface area contributed by atoms with Crippen LogP contribution in [0.5, 0.6) is 0 Å². The van der Waals surface area contributed by atoms with Gasteiger partial charge in [0.1, 0.15) is 0 Å². The summed E-state index contributed by atoms with van der Waals surface area (Å²) in [4.78, 5) is 0. The number of halogens is 2. The first-order valence-electron chi connectivity index (χ1n) is 6.14. The van der Waals surface area contributed by atoms with Gasteiger partial charge in [-0.25, -0.2) is 0 Å². The predicted octanol–water partition coefficient (Wildman–Crippen LogP) is 6.05. The molecule has 2 heteroatoms. The fourth-order valence-electron chi connectivity index (χ4n) is 2.45. The smallest absolute Gasteiger partial charge is 0.0563 e. The van der Waals surface area contributed by atoms with Gasteiger partial charge >= 0.3 is 0 Å². The van der Waals surface area contributed by atoms with Crippen LogP contribution >= 0.6 is 27.5 Å². The molecule has 19 heavy (non-hydrogen) atoms. The molecule has 0 amide bonds. The highest BCUT2D eigenvalue weighted by atomic mass is 79.9. The standard InChI is InChI=1S/C17H12BrCl/c18-11-5-10-12-13-6-1-3-8-15(13)17(19)16-9-4-2-7-14(12)16/h1-10H,11H2. The van der Waals surface area contributed by atoms with E-state index in [9.17, 15) is 0 Å². The number of fused-ring (bicyclic) bond motifs is 2. The largest absolute Gasteiger partial charge is 0.0883 e. The fraction of sp³-hybridized carbons (Fsp3) is 0.0588. The maximum atomic E-state index is 6.55. The molecule has 0 aliphatic carbocycles. The minimum Gasteiger partial charge on any atom is -0.0883 e. The third kappa shape index (κ3) is 2.18. The Labute approximate surface area is 125 Å². The number of hydrogen-bond donors (Lipinski definition) is 0. The number of hydrogen-bond acceptors (Lipinski definition) is 0. The van der Waals surface area contributed by atoms with Gasteiger partial charge in [0.05, 0.1) is 5.02 Å². The lowest BCUT2D eigenvalue weighted by molar-refractivity contribution is 1.73. The van der Waals surface area contributed by atoms with Crippen molar-refractivity contribution in [3.05, 3.63) is 65.2 Å². The van der Waals surface area contributed by atoms with Crippen molar-refractivity contribution in [1.29, 1.82) is 0 Å². The molecule has 0 aromatic heterocycles. The van der Waals surface area contributed by atoms with Crippen LogP contribution in [0.15, 0.2) is 54.6 Å². The zero-order valence-corrected chi connectivity index (χ0v) is 12.6. The van der Waals surface area contributed by atoms with E-state index in [-0.39, 0.29) is 0 Å².